The van der Waals surface area contributed by atoms with E-state index in [0.29, 0.717) is 38.0 Å². The molecule has 2 unspecified atom stereocenters. The van der Waals surface area contributed by atoms with E-state index in [1.165, 1.54) is 24.0 Å². The van der Waals surface area contributed by atoms with Gasteiger partial charge in [0.1, 0.15) is 35.1 Å². The first-order chi connectivity index (χ1) is 24.0. The maximum atomic E-state index is 14.4. The SMILES string of the molecule is CC[C@@H](C)C1(NC(C)=O)CCN(C(CCc2ccccc2)C(=O)N[C@@H](Cc2cc(F)cc(F)c2)[C@H](O)[C@H]2C[C@@H](Oc3cccnc3)CN2)C1=O. The highest BCUT2D eigenvalue weighted by molar-refractivity contribution is 5.96. The number of carbonyl (C=O) groups excluding carboxylic acids is 3. The summed E-state index contributed by atoms with van der Waals surface area (Å²) in [4.78, 5) is 46.6. The first kappa shape index (κ1) is 36.9. The van der Waals surface area contributed by atoms with Gasteiger partial charge in [-0.3, -0.25) is 19.4 Å². The molecule has 0 radical (unpaired) electrons. The second-order valence-electron chi connectivity index (χ2n) is 13.5. The molecule has 50 heavy (non-hydrogen) atoms. The summed E-state index contributed by atoms with van der Waals surface area (Å²) < 4.78 is 34.6. The van der Waals surface area contributed by atoms with Crippen molar-refractivity contribution in [2.24, 2.45) is 5.92 Å². The summed E-state index contributed by atoms with van der Waals surface area (Å²) >= 11 is 0. The summed E-state index contributed by atoms with van der Waals surface area (Å²) in [7, 11) is 0. The van der Waals surface area contributed by atoms with Gasteiger partial charge in [0, 0.05) is 44.7 Å². The number of hydrogen-bond donors (Lipinski definition) is 4. The van der Waals surface area contributed by atoms with Gasteiger partial charge in [0.25, 0.3) is 0 Å². The number of aliphatic hydroxyl groups is 1. The molecular formula is C38H47F2N5O5. The molecule has 10 nitrogen and oxygen atoms in total. The number of rotatable bonds is 15. The third-order valence-corrected chi connectivity index (χ3v) is 10.1. The van der Waals surface area contributed by atoms with Gasteiger partial charge in [0.15, 0.2) is 0 Å². The van der Waals surface area contributed by atoms with Gasteiger partial charge in [-0.15, -0.1) is 0 Å². The van der Waals surface area contributed by atoms with E-state index in [1.54, 1.807) is 24.5 Å². The fraction of sp³-hybridized carbons (Fsp3) is 0.474. The maximum absolute atomic E-state index is 14.4. The molecule has 3 amide bonds. The molecule has 0 saturated carbocycles. The van der Waals surface area contributed by atoms with Crippen LogP contribution in [-0.4, -0.2) is 81.7 Å². The van der Waals surface area contributed by atoms with E-state index < -0.39 is 47.3 Å². The number of pyridine rings is 1. The Kier molecular flexibility index (Phi) is 12.2. The van der Waals surface area contributed by atoms with Crippen molar-refractivity contribution in [3.05, 3.63) is 95.8 Å². The predicted molar refractivity (Wildman–Crippen MR) is 184 cm³/mol. The summed E-state index contributed by atoms with van der Waals surface area (Å²) in [6.07, 6.45) is 3.84. The van der Waals surface area contributed by atoms with Gasteiger partial charge in [-0.2, -0.15) is 0 Å². The van der Waals surface area contributed by atoms with Crippen molar-refractivity contribution in [2.45, 2.75) is 95.2 Å². The molecule has 2 aliphatic rings. The van der Waals surface area contributed by atoms with Crippen molar-refractivity contribution in [1.82, 2.24) is 25.8 Å². The zero-order valence-corrected chi connectivity index (χ0v) is 28.8. The third-order valence-electron chi connectivity index (χ3n) is 10.1. The number of ether oxygens (including phenoxy) is 1. The van der Waals surface area contributed by atoms with Gasteiger partial charge < -0.3 is 30.7 Å². The number of carbonyl (C=O) groups is 3. The molecule has 12 heteroatoms. The van der Waals surface area contributed by atoms with Crippen LogP contribution >= 0.6 is 0 Å². The van der Waals surface area contributed by atoms with E-state index >= 15 is 0 Å². The number of benzene rings is 2. The summed E-state index contributed by atoms with van der Waals surface area (Å²) in [5.74, 6) is -2.30. The highest BCUT2D eigenvalue weighted by Gasteiger charge is 2.53. The standard InChI is InChI=1S/C38H47F2N5O5/c1-4-24(2)38(44-25(3)46)14-16-45(37(38)49)34(13-12-26-9-6-5-7-10-26)36(48)43-33(19-27-17-28(39)20-29(40)18-27)35(47)32-21-31(23-42-32)50-30-11-8-15-41-22-30/h5-11,15,17-18,20,22,24,31-35,42,47H,4,12-14,16,19,21,23H2,1-3H3,(H,43,48)(H,44,46)/t24-,31-,32-,33+,34?,35-,38?/m1/s1. The molecule has 2 aromatic carbocycles. The lowest BCUT2D eigenvalue weighted by molar-refractivity contribution is -0.144. The smallest absolute Gasteiger partial charge is 0.249 e. The molecule has 0 aliphatic carbocycles. The number of likely N-dealkylation sites (tertiary alicyclic amines) is 1. The van der Waals surface area contributed by atoms with Crippen molar-refractivity contribution in [1.29, 1.82) is 0 Å². The lowest BCUT2D eigenvalue weighted by Crippen LogP contribution is -2.61. The zero-order valence-electron chi connectivity index (χ0n) is 28.8. The van der Waals surface area contributed by atoms with E-state index in [9.17, 15) is 28.3 Å². The van der Waals surface area contributed by atoms with Crippen molar-refractivity contribution in [2.75, 3.05) is 13.1 Å². The van der Waals surface area contributed by atoms with Gasteiger partial charge >= 0.3 is 0 Å². The maximum Gasteiger partial charge on any atom is 0.249 e. The molecule has 2 saturated heterocycles. The Labute approximate surface area is 292 Å². The minimum Gasteiger partial charge on any atom is -0.487 e. The average Bonchev–Trinajstić information content (AvgIpc) is 3.68. The van der Waals surface area contributed by atoms with Crippen molar-refractivity contribution >= 4 is 17.7 Å². The van der Waals surface area contributed by atoms with Gasteiger partial charge in [-0.25, -0.2) is 8.78 Å². The number of aromatic nitrogens is 1. The van der Waals surface area contributed by atoms with Gasteiger partial charge in [0.2, 0.25) is 17.7 Å². The molecular weight excluding hydrogens is 644 g/mol. The normalized spacial score (nSPS) is 22.8. The molecule has 1 aromatic heterocycles. The van der Waals surface area contributed by atoms with Crippen LogP contribution < -0.4 is 20.7 Å². The van der Waals surface area contributed by atoms with Crippen LogP contribution in [0.1, 0.15) is 57.6 Å². The van der Waals surface area contributed by atoms with E-state index in [-0.39, 0.29) is 48.8 Å². The minimum atomic E-state index is -1.18. The number of nitrogens with one attached hydrogen (secondary N) is 3. The molecule has 3 heterocycles. The quantitative estimate of drug-likeness (QED) is 0.191. The summed E-state index contributed by atoms with van der Waals surface area (Å²) in [6, 6.07) is 13.8. The predicted octanol–water partition coefficient (Wildman–Crippen LogP) is 3.71. The molecule has 0 spiro atoms. The van der Waals surface area contributed by atoms with Crippen LogP contribution in [0.4, 0.5) is 8.78 Å². The Bertz CT molecular complexity index is 1600. The number of amides is 3. The van der Waals surface area contributed by atoms with Crippen molar-refractivity contribution in [3.8, 4) is 5.75 Å². The van der Waals surface area contributed by atoms with Crippen molar-refractivity contribution in [3.63, 3.8) is 0 Å². The van der Waals surface area contributed by atoms with Crippen LogP contribution in [0.3, 0.4) is 0 Å². The fourth-order valence-electron chi connectivity index (χ4n) is 7.29. The lowest BCUT2D eigenvalue weighted by atomic mass is 9.81. The largest absolute Gasteiger partial charge is 0.487 e. The minimum absolute atomic E-state index is 0.0735. The number of aryl methyl sites for hydroxylation is 1. The van der Waals surface area contributed by atoms with Crippen LogP contribution in [0.5, 0.6) is 5.75 Å². The number of halogens is 2. The molecule has 4 N–H and O–H groups in total. The molecule has 3 aromatic rings. The summed E-state index contributed by atoms with van der Waals surface area (Å²) in [6.45, 7) is 5.92. The average molecular weight is 692 g/mol. The Balaban J connectivity index is 1.41. The topological polar surface area (TPSA) is 133 Å². The molecule has 7 atom stereocenters. The van der Waals surface area contributed by atoms with E-state index in [1.807, 2.05) is 44.2 Å². The first-order valence-electron chi connectivity index (χ1n) is 17.4. The molecule has 0 bridgehead atoms. The van der Waals surface area contributed by atoms with Crippen molar-refractivity contribution < 1.29 is 33.0 Å². The Hall–Kier alpha value is -4.42. The van der Waals surface area contributed by atoms with E-state index in [4.69, 9.17) is 4.74 Å². The van der Waals surface area contributed by atoms with Gasteiger partial charge in [-0.05, 0) is 67.0 Å². The zero-order chi connectivity index (χ0) is 35.8. The van der Waals surface area contributed by atoms with Crippen LogP contribution in [0.25, 0.3) is 0 Å². The van der Waals surface area contributed by atoms with Gasteiger partial charge in [-0.1, -0.05) is 50.6 Å². The van der Waals surface area contributed by atoms with E-state index in [2.05, 4.69) is 20.9 Å². The lowest BCUT2D eigenvalue weighted by Gasteiger charge is -2.36. The molecule has 268 valence electrons. The van der Waals surface area contributed by atoms with Crippen LogP contribution in [-0.2, 0) is 27.2 Å². The van der Waals surface area contributed by atoms with Crippen LogP contribution in [0.15, 0.2) is 73.1 Å². The summed E-state index contributed by atoms with van der Waals surface area (Å²) in [5.41, 5.74) is 0.0853. The van der Waals surface area contributed by atoms with E-state index in [0.717, 1.165) is 11.6 Å². The Morgan fingerprint density at radius 2 is 1.86 bits per heavy atom. The van der Waals surface area contributed by atoms with Gasteiger partial charge in [0.05, 0.1) is 18.3 Å². The molecule has 5 rings (SSSR count). The number of nitrogens with zero attached hydrogens (tertiary/aromatic N) is 2. The van der Waals surface area contributed by atoms with Crippen LogP contribution in [0.2, 0.25) is 0 Å². The highest BCUT2D eigenvalue weighted by atomic mass is 19.1. The van der Waals surface area contributed by atoms with Crippen LogP contribution in [0, 0.1) is 17.6 Å². The Morgan fingerprint density at radius 1 is 1.12 bits per heavy atom. The Morgan fingerprint density at radius 3 is 2.52 bits per heavy atom. The molecule has 2 aliphatic heterocycles. The fourth-order valence-corrected chi connectivity index (χ4v) is 7.29. The monoisotopic (exact) mass is 691 g/mol. The number of hydrogen-bond acceptors (Lipinski definition) is 7. The highest BCUT2D eigenvalue weighted by Crippen LogP contribution is 2.35. The second kappa shape index (κ2) is 16.5. The summed E-state index contributed by atoms with van der Waals surface area (Å²) in [5, 5.41) is 21.0. The molecule has 2 fully saturated rings. The first-order valence-corrected chi connectivity index (χ1v) is 17.4. The number of aliphatic hydroxyl groups excluding tert-OH is 1. The third kappa shape index (κ3) is 8.83. The second-order valence-corrected chi connectivity index (χ2v) is 13.5.